The molecule has 1 aliphatic rings. The standard InChI is InChI=1S/C17H15N3O3S/c18-12-13-6-8-15(9-7-13)24(22,23)20-11-10-19-17(21)16(20)14-4-2-1-3-5-14/h1-9,16H,10-11H2,(H,19,21)/t16-/m1/s1. The van der Waals surface area contributed by atoms with Gasteiger partial charge in [-0.05, 0) is 29.8 Å². The lowest BCUT2D eigenvalue weighted by Crippen LogP contribution is -2.52. The first-order valence-corrected chi connectivity index (χ1v) is 8.83. The molecule has 1 amide bonds. The number of nitrogens with one attached hydrogen (secondary N) is 1. The first-order chi connectivity index (χ1) is 11.5. The van der Waals surface area contributed by atoms with Gasteiger partial charge in [0.2, 0.25) is 15.9 Å². The molecule has 0 radical (unpaired) electrons. The summed E-state index contributed by atoms with van der Waals surface area (Å²) in [6.45, 7) is 0.450. The Hall–Kier alpha value is -2.69. The van der Waals surface area contributed by atoms with E-state index in [2.05, 4.69) is 5.32 Å². The van der Waals surface area contributed by atoms with Crippen LogP contribution in [0.25, 0.3) is 0 Å². The Labute approximate surface area is 140 Å². The molecule has 3 rings (SSSR count). The van der Waals surface area contributed by atoms with Crippen LogP contribution in [0.3, 0.4) is 0 Å². The van der Waals surface area contributed by atoms with Gasteiger partial charge < -0.3 is 5.32 Å². The van der Waals surface area contributed by atoms with E-state index in [1.54, 1.807) is 24.3 Å². The number of carbonyl (C=O) groups is 1. The summed E-state index contributed by atoms with van der Waals surface area (Å²) in [4.78, 5) is 12.4. The van der Waals surface area contributed by atoms with Crippen LogP contribution in [0.1, 0.15) is 17.2 Å². The molecule has 2 aromatic rings. The molecule has 24 heavy (non-hydrogen) atoms. The maximum atomic E-state index is 13.0. The molecule has 7 heteroatoms. The molecule has 1 atom stereocenters. The van der Waals surface area contributed by atoms with Crippen molar-refractivity contribution in [1.82, 2.24) is 9.62 Å². The number of rotatable bonds is 3. The maximum Gasteiger partial charge on any atom is 0.244 e. The Morgan fingerprint density at radius 1 is 1.08 bits per heavy atom. The highest BCUT2D eigenvalue weighted by Gasteiger charge is 2.39. The minimum absolute atomic E-state index is 0.0668. The zero-order valence-corrected chi connectivity index (χ0v) is 13.5. The second kappa shape index (κ2) is 6.43. The Bertz CT molecular complexity index is 887. The van der Waals surface area contributed by atoms with E-state index in [1.807, 2.05) is 12.1 Å². The van der Waals surface area contributed by atoms with Crippen LogP contribution in [0.4, 0.5) is 0 Å². The van der Waals surface area contributed by atoms with Crippen molar-refractivity contribution in [3.63, 3.8) is 0 Å². The number of nitrogens with zero attached hydrogens (tertiary/aromatic N) is 2. The van der Waals surface area contributed by atoms with Gasteiger partial charge in [0.15, 0.2) is 0 Å². The Kier molecular flexibility index (Phi) is 4.34. The van der Waals surface area contributed by atoms with Crippen molar-refractivity contribution < 1.29 is 13.2 Å². The monoisotopic (exact) mass is 341 g/mol. The van der Waals surface area contributed by atoms with Gasteiger partial charge in [-0.3, -0.25) is 4.79 Å². The summed E-state index contributed by atoms with van der Waals surface area (Å²) in [5.74, 6) is -0.343. The molecule has 0 unspecified atom stereocenters. The number of hydrogen-bond donors (Lipinski definition) is 1. The first kappa shape index (κ1) is 16.2. The highest BCUT2D eigenvalue weighted by Crippen LogP contribution is 2.29. The molecule has 0 saturated carbocycles. The number of amides is 1. The quantitative estimate of drug-likeness (QED) is 0.914. The molecule has 1 aliphatic heterocycles. The van der Waals surface area contributed by atoms with E-state index >= 15 is 0 Å². The van der Waals surface area contributed by atoms with Gasteiger partial charge in [-0.1, -0.05) is 30.3 Å². The zero-order valence-electron chi connectivity index (χ0n) is 12.7. The molecule has 0 aromatic heterocycles. The molecular formula is C17H15N3O3S. The predicted molar refractivity (Wildman–Crippen MR) is 87.2 cm³/mol. The highest BCUT2D eigenvalue weighted by atomic mass is 32.2. The van der Waals surface area contributed by atoms with Crippen molar-refractivity contribution in [2.24, 2.45) is 0 Å². The van der Waals surface area contributed by atoms with E-state index < -0.39 is 16.1 Å². The fraction of sp³-hybridized carbons (Fsp3) is 0.176. The van der Waals surface area contributed by atoms with Crippen molar-refractivity contribution in [1.29, 1.82) is 5.26 Å². The van der Waals surface area contributed by atoms with E-state index in [0.29, 0.717) is 11.1 Å². The third kappa shape index (κ3) is 2.89. The lowest BCUT2D eigenvalue weighted by molar-refractivity contribution is -0.126. The summed E-state index contributed by atoms with van der Waals surface area (Å²) in [7, 11) is -3.85. The van der Waals surface area contributed by atoms with Gasteiger partial charge in [0.1, 0.15) is 6.04 Å². The van der Waals surface area contributed by atoms with Gasteiger partial charge in [0, 0.05) is 13.1 Å². The fourth-order valence-corrected chi connectivity index (χ4v) is 4.27. The third-order valence-corrected chi connectivity index (χ3v) is 5.75. The number of hydrogen-bond acceptors (Lipinski definition) is 4. The van der Waals surface area contributed by atoms with Gasteiger partial charge in [-0.2, -0.15) is 9.57 Å². The SMILES string of the molecule is N#Cc1ccc(S(=O)(=O)N2CCNC(=O)[C@H]2c2ccccc2)cc1. The molecule has 0 bridgehead atoms. The van der Waals surface area contributed by atoms with E-state index in [-0.39, 0.29) is 23.9 Å². The molecule has 122 valence electrons. The lowest BCUT2D eigenvalue weighted by Gasteiger charge is -2.34. The number of piperazine rings is 1. The summed E-state index contributed by atoms with van der Waals surface area (Å²) >= 11 is 0. The van der Waals surface area contributed by atoms with Crippen molar-refractivity contribution in [3.05, 3.63) is 65.7 Å². The summed E-state index contributed by atoms with van der Waals surface area (Å²) in [6, 6.07) is 15.6. The molecule has 6 nitrogen and oxygen atoms in total. The van der Waals surface area contributed by atoms with Crippen molar-refractivity contribution in [2.75, 3.05) is 13.1 Å². The van der Waals surface area contributed by atoms with Crippen LogP contribution in [0.2, 0.25) is 0 Å². The van der Waals surface area contributed by atoms with Crippen LogP contribution in [0, 0.1) is 11.3 Å². The largest absolute Gasteiger partial charge is 0.353 e. The van der Waals surface area contributed by atoms with Gasteiger partial charge in [0.25, 0.3) is 0 Å². The third-order valence-electron chi connectivity index (χ3n) is 3.87. The predicted octanol–water partition coefficient (Wildman–Crippen LogP) is 1.42. The Balaban J connectivity index is 2.03. The molecular weight excluding hydrogens is 326 g/mol. The maximum absolute atomic E-state index is 13.0. The smallest absolute Gasteiger partial charge is 0.244 e. The average Bonchev–Trinajstić information content (AvgIpc) is 2.62. The molecule has 2 aromatic carbocycles. The zero-order chi connectivity index (χ0) is 17.2. The van der Waals surface area contributed by atoms with Crippen LogP contribution in [0.5, 0.6) is 0 Å². The van der Waals surface area contributed by atoms with Crippen LogP contribution >= 0.6 is 0 Å². The van der Waals surface area contributed by atoms with E-state index in [9.17, 15) is 13.2 Å². The molecule has 1 fully saturated rings. The number of nitriles is 1. The second-order valence-corrected chi connectivity index (χ2v) is 7.25. The van der Waals surface area contributed by atoms with E-state index in [0.717, 1.165) is 0 Å². The summed E-state index contributed by atoms with van der Waals surface area (Å²) in [5.41, 5.74) is 0.997. The van der Waals surface area contributed by atoms with Gasteiger partial charge in [-0.15, -0.1) is 0 Å². The summed E-state index contributed by atoms with van der Waals surface area (Å²) in [6.07, 6.45) is 0. The van der Waals surface area contributed by atoms with Crippen molar-refractivity contribution >= 4 is 15.9 Å². The van der Waals surface area contributed by atoms with Gasteiger partial charge >= 0.3 is 0 Å². The minimum Gasteiger partial charge on any atom is -0.353 e. The number of carbonyl (C=O) groups excluding carboxylic acids is 1. The summed E-state index contributed by atoms with van der Waals surface area (Å²) < 4.78 is 27.2. The van der Waals surface area contributed by atoms with E-state index in [1.165, 1.54) is 28.6 Å². The molecule has 0 spiro atoms. The molecule has 1 saturated heterocycles. The molecule has 1 N–H and O–H groups in total. The topological polar surface area (TPSA) is 90.3 Å². The normalized spacial score (nSPS) is 18.6. The number of benzene rings is 2. The highest BCUT2D eigenvalue weighted by molar-refractivity contribution is 7.89. The average molecular weight is 341 g/mol. The van der Waals surface area contributed by atoms with Crippen LogP contribution < -0.4 is 5.32 Å². The Morgan fingerprint density at radius 2 is 1.75 bits per heavy atom. The van der Waals surface area contributed by atoms with Gasteiger partial charge in [-0.25, -0.2) is 8.42 Å². The second-order valence-electron chi connectivity index (χ2n) is 5.36. The van der Waals surface area contributed by atoms with Crippen molar-refractivity contribution in [2.45, 2.75) is 10.9 Å². The molecule has 0 aliphatic carbocycles. The van der Waals surface area contributed by atoms with E-state index in [4.69, 9.17) is 5.26 Å². The minimum atomic E-state index is -3.85. The van der Waals surface area contributed by atoms with Crippen LogP contribution in [-0.2, 0) is 14.8 Å². The van der Waals surface area contributed by atoms with Crippen molar-refractivity contribution in [3.8, 4) is 6.07 Å². The van der Waals surface area contributed by atoms with Crippen LogP contribution in [0.15, 0.2) is 59.5 Å². The summed E-state index contributed by atoms with van der Waals surface area (Å²) in [5, 5.41) is 11.6. The number of sulfonamides is 1. The fourth-order valence-electron chi connectivity index (χ4n) is 2.69. The molecule has 1 heterocycles. The lowest BCUT2D eigenvalue weighted by atomic mass is 10.1. The first-order valence-electron chi connectivity index (χ1n) is 7.39. The Morgan fingerprint density at radius 3 is 2.38 bits per heavy atom. The van der Waals surface area contributed by atoms with Gasteiger partial charge in [0.05, 0.1) is 16.5 Å². The van der Waals surface area contributed by atoms with Crippen LogP contribution in [-0.4, -0.2) is 31.7 Å².